The van der Waals surface area contributed by atoms with Crippen molar-refractivity contribution in [3.63, 3.8) is 0 Å². The predicted octanol–water partition coefficient (Wildman–Crippen LogP) is 0.597. The van der Waals surface area contributed by atoms with Gasteiger partial charge in [0, 0.05) is 56.6 Å². The molecule has 146 valence electrons. The summed E-state index contributed by atoms with van der Waals surface area (Å²) in [6.45, 7) is 4.32. The van der Waals surface area contributed by atoms with Gasteiger partial charge in [0.05, 0.1) is 6.26 Å². The Morgan fingerprint density at radius 2 is 1.88 bits per heavy atom. The standard InChI is InChI=1S/C17H27N3O4S2/c1-26(23,24)20-6-4-14(5-7-20)17(22)19-10-8-18(9-11-19)13-15(21)16-3-2-12-25-16/h2-3,12,14-15,21H,4-11,13H2,1H3/t15-/m1/s1. The van der Waals surface area contributed by atoms with E-state index in [4.69, 9.17) is 0 Å². The molecule has 2 aliphatic rings. The van der Waals surface area contributed by atoms with Crippen LogP contribution in [0, 0.1) is 5.92 Å². The first-order chi connectivity index (χ1) is 12.3. The number of thiophene rings is 1. The lowest BCUT2D eigenvalue weighted by Gasteiger charge is -2.38. The van der Waals surface area contributed by atoms with Gasteiger partial charge in [0.15, 0.2) is 0 Å². The number of β-amino-alcohol motifs (C(OH)–C–C–N with tert-alkyl or cyclic N) is 1. The van der Waals surface area contributed by atoms with E-state index in [-0.39, 0.29) is 11.8 Å². The van der Waals surface area contributed by atoms with Crippen molar-refractivity contribution in [2.24, 2.45) is 5.92 Å². The Kier molecular flexibility index (Phi) is 6.34. The summed E-state index contributed by atoms with van der Waals surface area (Å²) in [5.74, 6) is 0.0767. The van der Waals surface area contributed by atoms with E-state index >= 15 is 0 Å². The van der Waals surface area contributed by atoms with Crippen molar-refractivity contribution in [2.45, 2.75) is 18.9 Å². The van der Waals surface area contributed by atoms with Crippen molar-refractivity contribution in [1.82, 2.24) is 14.1 Å². The molecule has 0 aromatic carbocycles. The maximum atomic E-state index is 12.7. The molecular weight excluding hydrogens is 374 g/mol. The van der Waals surface area contributed by atoms with Gasteiger partial charge < -0.3 is 10.0 Å². The minimum atomic E-state index is -3.16. The fourth-order valence-corrected chi connectivity index (χ4v) is 5.24. The minimum Gasteiger partial charge on any atom is -0.386 e. The quantitative estimate of drug-likeness (QED) is 0.781. The van der Waals surface area contributed by atoms with Crippen LogP contribution in [0.2, 0.25) is 0 Å². The number of rotatable bonds is 5. The molecule has 2 aliphatic heterocycles. The highest BCUT2D eigenvalue weighted by Crippen LogP contribution is 2.23. The molecule has 2 fully saturated rings. The van der Waals surface area contributed by atoms with Gasteiger partial charge in [0.25, 0.3) is 0 Å². The lowest BCUT2D eigenvalue weighted by atomic mass is 9.96. The van der Waals surface area contributed by atoms with E-state index in [0.717, 1.165) is 18.0 Å². The minimum absolute atomic E-state index is 0.0729. The van der Waals surface area contributed by atoms with Gasteiger partial charge in [0.1, 0.15) is 6.10 Å². The normalized spacial score (nSPS) is 22.5. The summed E-state index contributed by atoms with van der Waals surface area (Å²) in [5.41, 5.74) is 0. The Bertz CT molecular complexity index is 692. The maximum Gasteiger partial charge on any atom is 0.225 e. The van der Waals surface area contributed by atoms with E-state index in [0.29, 0.717) is 45.6 Å². The molecular formula is C17H27N3O4S2. The molecule has 1 aromatic rings. The van der Waals surface area contributed by atoms with Crippen LogP contribution in [0.3, 0.4) is 0 Å². The predicted molar refractivity (Wildman–Crippen MR) is 101 cm³/mol. The number of nitrogens with zero attached hydrogens (tertiary/aromatic N) is 3. The number of piperidine rings is 1. The van der Waals surface area contributed by atoms with E-state index in [1.165, 1.54) is 10.6 Å². The van der Waals surface area contributed by atoms with Crippen LogP contribution in [-0.2, 0) is 14.8 Å². The number of carbonyl (C=O) groups is 1. The third-order valence-corrected chi connectivity index (χ3v) is 7.54. The summed E-state index contributed by atoms with van der Waals surface area (Å²) < 4.78 is 24.6. The summed E-state index contributed by atoms with van der Waals surface area (Å²) in [5, 5.41) is 12.2. The molecule has 2 saturated heterocycles. The van der Waals surface area contributed by atoms with Gasteiger partial charge in [-0.2, -0.15) is 0 Å². The van der Waals surface area contributed by atoms with Gasteiger partial charge >= 0.3 is 0 Å². The first-order valence-corrected chi connectivity index (χ1v) is 11.7. The Hall–Kier alpha value is -1.00. The van der Waals surface area contributed by atoms with Crippen molar-refractivity contribution in [1.29, 1.82) is 0 Å². The van der Waals surface area contributed by atoms with Crippen LogP contribution in [0.15, 0.2) is 17.5 Å². The molecule has 0 spiro atoms. The smallest absolute Gasteiger partial charge is 0.225 e. The number of hydrogen-bond acceptors (Lipinski definition) is 6. The maximum absolute atomic E-state index is 12.7. The van der Waals surface area contributed by atoms with Crippen LogP contribution in [0.1, 0.15) is 23.8 Å². The highest BCUT2D eigenvalue weighted by Gasteiger charge is 2.32. The molecule has 26 heavy (non-hydrogen) atoms. The lowest BCUT2D eigenvalue weighted by molar-refractivity contribution is -0.138. The van der Waals surface area contributed by atoms with Gasteiger partial charge in [-0.25, -0.2) is 12.7 Å². The molecule has 9 heteroatoms. The van der Waals surface area contributed by atoms with E-state index < -0.39 is 16.1 Å². The van der Waals surface area contributed by atoms with Crippen molar-refractivity contribution in [2.75, 3.05) is 52.1 Å². The van der Waals surface area contributed by atoms with Crippen LogP contribution in [0.5, 0.6) is 0 Å². The molecule has 0 radical (unpaired) electrons. The number of sulfonamides is 1. The zero-order valence-electron chi connectivity index (χ0n) is 15.1. The van der Waals surface area contributed by atoms with Crippen molar-refractivity contribution < 1.29 is 18.3 Å². The Morgan fingerprint density at radius 3 is 2.42 bits per heavy atom. The number of hydrogen-bond donors (Lipinski definition) is 1. The summed E-state index contributed by atoms with van der Waals surface area (Å²) in [6, 6.07) is 3.88. The average molecular weight is 402 g/mol. The summed E-state index contributed by atoms with van der Waals surface area (Å²) in [7, 11) is -3.16. The topological polar surface area (TPSA) is 81.2 Å². The van der Waals surface area contributed by atoms with Gasteiger partial charge in [-0.05, 0) is 24.3 Å². The van der Waals surface area contributed by atoms with Gasteiger partial charge in [0.2, 0.25) is 15.9 Å². The summed E-state index contributed by atoms with van der Waals surface area (Å²) >= 11 is 1.56. The van der Waals surface area contributed by atoms with E-state index in [9.17, 15) is 18.3 Å². The Labute approximate surface area is 159 Å². The number of aliphatic hydroxyl groups excluding tert-OH is 1. The first-order valence-electron chi connectivity index (χ1n) is 9.02. The zero-order chi connectivity index (χ0) is 18.7. The molecule has 0 saturated carbocycles. The van der Waals surface area contributed by atoms with Crippen molar-refractivity contribution >= 4 is 27.3 Å². The fourth-order valence-electron chi connectivity index (χ4n) is 3.66. The van der Waals surface area contributed by atoms with Crippen LogP contribution in [0.4, 0.5) is 0 Å². The van der Waals surface area contributed by atoms with Gasteiger partial charge in [-0.3, -0.25) is 9.69 Å². The van der Waals surface area contributed by atoms with Crippen LogP contribution in [-0.4, -0.2) is 85.6 Å². The van der Waals surface area contributed by atoms with Gasteiger partial charge in [-0.1, -0.05) is 6.07 Å². The van der Waals surface area contributed by atoms with Crippen molar-refractivity contribution in [3.8, 4) is 0 Å². The summed E-state index contributed by atoms with van der Waals surface area (Å²) in [4.78, 5) is 17.8. The molecule has 1 aromatic heterocycles. The third-order valence-electron chi connectivity index (χ3n) is 5.26. The number of carbonyl (C=O) groups excluding carboxylic acids is 1. The molecule has 0 unspecified atom stereocenters. The SMILES string of the molecule is CS(=O)(=O)N1CCC(C(=O)N2CCN(C[C@@H](O)c3cccs3)CC2)CC1. The highest BCUT2D eigenvalue weighted by atomic mass is 32.2. The van der Waals surface area contributed by atoms with Gasteiger partial charge in [-0.15, -0.1) is 11.3 Å². The van der Waals surface area contributed by atoms with E-state index in [2.05, 4.69) is 4.90 Å². The largest absolute Gasteiger partial charge is 0.386 e. The van der Waals surface area contributed by atoms with Crippen molar-refractivity contribution in [3.05, 3.63) is 22.4 Å². The second-order valence-corrected chi connectivity index (χ2v) is 10.1. The Balaban J connectivity index is 1.44. The average Bonchev–Trinajstić information content (AvgIpc) is 3.16. The third kappa shape index (κ3) is 4.83. The number of aliphatic hydroxyl groups is 1. The molecule has 3 heterocycles. The highest BCUT2D eigenvalue weighted by molar-refractivity contribution is 7.88. The molecule has 3 rings (SSSR count). The number of piperazine rings is 1. The first kappa shape index (κ1) is 19.8. The summed E-state index contributed by atoms with van der Waals surface area (Å²) in [6.07, 6.45) is 1.95. The molecule has 1 N–H and O–H groups in total. The van der Waals surface area contributed by atoms with E-state index in [1.54, 1.807) is 11.3 Å². The molecule has 1 atom stereocenters. The molecule has 1 amide bonds. The second kappa shape index (κ2) is 8.35. The lowest BCUT2D eigenvalue weighted by Crippen LogP contribution is -2.52. The van der Waals surface area contributed by atoms with Crippen LogP contribution < -0.4 is 0 Å². The fraction of sp³-hybridized carbons (Fsp3) is 0.706. The molecule has 7 nitrogen and oxygen atoms in total. The monoisotopic (exact) mass is 401 g/mol. The molecule has 0 bridgehead atoms. The van der Waals surface area contributed by atoms with Crippen LogP contribution >= 0.6 is 11.3 Å². The second-order valence-electron chi connectivity index (χ2n) is 7.09. The number of amides is 1. The van der Waals surface area contributed by atoms with Crippen LogP contribution in [0.25, 0.3) is 0 Å². The van der Waals surface area contributed by atoms with E-state index in [1.807, 2.05) is 22.4 Å². The zero-order valence-corrected chi connectivity index (χ0v) is 16.7. The molecule has 0 aliphatic carbocycles. The Morgan fingerprint density at radius 1 is 1.23 bits per heavy atom.